The van der Waals surface area contributed by atoms with Crippen molar-refractivity contribution in [2.45, 2.75) is 25.9 Å². The number of nitrogens with zero attached hydrogens (tertiary/aromatic N) is 1. The molecule has 1 amide bonds. The predicted octanol–water partition coefficient (Wildman–Crippen LogP) is 4.66. The monoisotopic (exact) mass is 394 g/mol. The molecule has 0 radical (unpaired) electrons. The summed E-state index contributed by atoms with van der Waals surface area (Å²) in [6.07, 6.45) is 1.50. The molecule has 1 saturated heterocycles. The number of carbonyl (C=O) groups is 1. The Balaban J connectivity index is 1.49. The predicted molar refractivity (Wildman–Crippen MR) is 103 cm³/mol. The van der Waals surface area contributed by atoms with Crippen molar-refractivity contribution in [3.63, 3.8) is 0 Å². The molecule has 1 heterocycles. The summed E-state index contributed by atoms with van der Waals surface area (Å²) in [6, 6.07) is 12.2. The quantitative estimate of drug-likeness (QED) is 0.799. The van der Waals surface area contributed by atoms with Gasteiger partial charge in [0.1, 0.15) is 5.82 Å². The minimum absolute atomic E-state index is 0.0233. The second kappa shape index (κ2) is 8.85. The highest BCUT2D eigenvalue weighted by molar-refractivity contribution is 6.31. The number of benzene rings is 2. The Morgan fingerprint density at radius 3 is 2.46 bits per heavy atom. The first-order valence-electron chi connectivity index (χ1n) is 8.71. The van der Waals surface area contributed by atoms with Crippen LogP contribution in [-0.2, 0) is 17.9 Å². The molecule has 138 valence electrons. The largest absolute Gasteiger partial charge is 0.352 e. The van der Waals surface area contributed by atoms with Gasteiger partial charge in [0.05, 0.1) is 0 Å². The first-order chi connectivity index (χ1) is 12.5. The van der Waals surface area contributed by atoms with Crippen molar-refractivity contribution in [2.75, 3.05) is 13.1 Å². The van der Waals surface area contributed by atoms with E-state index in [-0.39, 0.29) is 17.6 Å². The second-order valence-electron chi connectivity index (χ2n) is 6.56. The summed E-state index contributed by atoms with van der Waals surface area (Å²) >= 11 is 12.2. The van der Waals surface area contributed by atoms with E-state index in [0.29, 0.717) is 28.7 Å². The van der Waals surface area contributed by atoms with E-state index in [0.717, 1.165) is 31.5 Å². The van der Waals surface area contributed by atoms with Gasteiger partial charge in [-0.05, 0) is 49.7 Å². The molecule has 0 bridgehead atoms. The summed E-state index contributed by atoms with van der Waals surface area (Å²) in [6.45, 7) is 2.40. The van der Waals surface area contributed by atoms with E-state index < -0.39 is 0 Å². The Morgan fingerprint density at radius 2 is 1.77 bits per heavy atom. The zero-order valence-corrected chi connectivity index (χ0v) is 15.9. The van der Waals surface area contributed by atoms with Crippen LogP contribution in [-0.4, -0.2) is 23.9 Å². The van der Waals surface area contributed by atoms with Crippen LogP contribution in [0, 0.1) is 11.7 Å². The second-order valence-corrected chi connectivity index (χ2v) is 7.37. The van der Waals surface area contributed by atoms with Gasteiger partial charge < -0.3 is 5.32 Å². The van der Waals surface area contributed by atoms with Gasteiger partial charge in [-0.3, -0.25) is 9.69 Å². The third-order valence-corrected chi connectivity index (χ3v) is 5.54. The van der Waals surface area contributed by atoms with Crippen molar-refractivity contribution in [3.8, 4) is 0 Å². The number of nitrogens with one attached hydrogen (secondary N) is 1. The van der Waals surface area contributed by atoms with Gasteiger partial charge in [0.15, 0.2) is 0 Å². The molecule has 0 unspecified atom stereocenters. The molecule has 3 rings (SSSR count). The minimum Gasteiger partial charge on any atom is -0.352 e. The van der Waals surface area contributed by atoms with Gasteiger partial charge in [0.25, 0.3) is 0 Å². The highest BCUT2D eigenvalue weighted by Gasteiger charge is 2.25. The number of hydrogen-bond acceptors (Lipinski definition) is 2. The molecule has 0 spiro atoms. The van der Waals surface area contributed by atoms with E-state index in [4.69, 9.17) is 23.2 Å². The molecule has 0 atom stereocenters. The molecule has 0 saturated carbocycles. The van der Waals surface area contributed by atoms with Crippen molar-refractivity contribution < 1.29 is 9.18 Å². The standard InChI is InChI=1S/C20H21Cl2FN2O/c21-17-5-2-1-4-15(17)12-24-20(26)14-8-10-25(11-9-14)13-16-18(22)6-3-7-19(16)23/h1-7,14H,8-13H2,(H,24,26). The number of amides is 1. The number of halogens is 3. The first kappa shape index (κ1) is 19.2. The van der Waals surface area contributed by atoms with E-state index in [1.165, 1.54) is 6.07 Å². The lowest BCUT2D eigenvalue weighted by molar-refractivity contribution is -0.126. The van der Waals surface area contributed by atoms with Gasteiger partial charge in [-0.25, -0.2) is 4.39 Å². The Hall–Kier alpha value is -1.62. The van der Waals surface area contributed by atoms with Crippen LogP contribution in [0.1, 0.15) is 24.0 Å². The van der Waals surface area contributed by atoms with E-state index in [9.17, 15) is 9.18 Å². The van der Waals surface area contributed by atoms with Crippen LogP contribution >= 0.6 is 23.2 Å². The van der Waals surface area contributed by atoms with Crippen LogP contribution in [0.4, 0.5) is 4.39 Å². The molecule has 0 aliphatic carbocycles. The van der Waals surface area contributed by atoms with Crippen LogP contribution in [0.15, 0.2) is 42.5 Å². The molecule has 6 heteroatoms. The highest BCUT2D eigenvalue weighted by Crippen LogP contribution is 2.24. The number of rotatable bonds is 5. The molecule has 1 aliphatic rings. The van der Waals surface area contributed by atoms with Gasteiger partial charge in [-0.1, -0.05) is 47.5 Å². The average molecular weight is 395 g/mol. The molecular weight excluding hydrogens is 374 g/mol. The van der Waals surface area contributed by atoms with Gasteiger partial charge in [0, 0.05) is 34.6 Å². The minimum atomic E-state index is -0.280. The van der Waals surface area contributed by atoms with Gasteiger partial charge in [-0.2, -0.15) is 0 Å². The Kier molecular flexibility index (Phi) is 6.52. The van der Waals surface area contributed by atoms with Gasteiger partial charge in [0.2, 0.25) is 5.91 Å². The first-order valence-corrected chi connectivity index (χ1v) is 9.46. The van der Waals surface area contributed by atoms with E-state index in [2.05, 4.69) is 10.2 Å². The number of piperidine rings is 1. The van der Waals surface area contributed by atoms with Crippen LogP contribution < -0.4 is 5.32 Å². The average Bonchev–Trinajstić information content (AvgIpc) is 2.64. The summed E-state index contributed by atoms with van der Waals surface area (Å²) in [5, 5.41) is 4.07. The smallest absolute Gasteiger partial charge is 0.223 e. The zero-order chi connectivity index (χ0) is 18.5. The summed E-state index contributed by atoms with van der Waals surface area (Å²) in [5.41, 5.74) is 1.44. The van der Waals surface area contributed by atoms with Crippen molar-refractivity contribution in [3.05, 3.63) is 69.5 Å². The summed E-state index contributed by atoms with van der Waals surface area (Å²) in [5.74, 6) is -0.254. The Labute approximate surface area is 163 Å². The maximum absolute atomic E-state index is 13.9. The maximum Gasteiger partial charge on any atom is 0.223 e. The highest BCUT2D eigenvalue weighted by atomic mass is 35.5. The molecule has 2 aromatic carbocycles. The lowest BCUT2D eigenvalue weighted by Gasteiger charge is -2.31. The molecule has 1 fully saturated rings. The molecular formula is C20H21Cl2FN2O. The SMILES string of the molecule is O=C(NCc1ccccc1Cl)C1CCN(Cc2c(F)cccc2Cl)CC1. The molecule has 1 aliphatic heterocycles. The summed E-state index contributed by atoms with van der Waals surface area (Å²) in [7, 11) is 0. The van der Waals surface area contributed by atoms with E-state index in [1.807, 2.05) is 24.3 Å². The van der Waals surface area contributed by atoms with Gasteiger partial charge in [-0.15, -0.1) is 0 Å². The van der Waals surface area contributed by atoms with E-state index >= 15 is 0 Å². The normalized spacial score (nSPS) is 15.8. The zero-order valence-electron chi connectivity index (χ0n) is 14.4. The molecule has 0 aromatic heterocycles. The number of hydrogen-bond donors (Lipinski definition) is 1. The molecule has 1 N–H and O–H groups in total. The number of carbonyl (C=O) groups excluding carboxylic acids is 1. The lowest BCUT2D eigenvalue weighted by atomic mass is 9.95. The fourth-order valence-electron chi connectivity index (χ4n) is 3.23. The molecule has 2 aromatic rings. The van der Waals surface area contributed by atoms with Crippen molar-refractivity contribution in [1.82, 2.24) is 10.2 Å². The summed E-state index contributed by atoms with van der Waals surface area (Å²) in [4.78, 5) is 14.5. The van der Waals surface area contributed by atoms with Crippen molar-refractivity contribution in [2.24, 2.45) is 5.92 Å². The lowest BCUT2D eigenvalue weighted by Crippen LogP contribution is -2.40. The maximum atomic E-state index is 13.9. The Bertz CT molecular complexity index is 756. The fourth-order valence-corrected chi connectivity index (χ4v) is 3.65. The third-order valence-electron chi connectivity index (χ3n) is 4.81. The molecule has 26 heavy (non-hydrogen) atoms. The molecule has 3 nitrogen and oxygen atoms in total. The fraction of sp³-hybridized carbons (Fsp3) is 0.350. The Morgan fingerprint density at radius 1 is 1.08 bits per heavy atom. The van der Waals surface area contributed by atoms with Crippen molar-refractivity contribution in [1.29, 1.82) is 0 Å². The third kappa shape index (κ3) is 4.76. The van der Waals surface area contributed by atoms with Crippen LogP contribution in [0.3, 0.4) is 0 Å². The van der Waals surface area contributed by atoms with Crippen LogP contribution in [0.5, 0.6) is 0 Å². The summed E-state index contributed by atoms with van der Waals surface area (Å²) < 4.78 is 13.9. The number of likely N-dealkylation sites (tertiary alicyclic amines) is 1. The van der Waals surface area contributed by atoms with Crippen LogP contribution in [0.25, 0.3) is 0 Å². The van der Waals surface area contributed by atoms with E-state index in [1.54, 1.807) is 12.1 Å². The van der Waals surface area contributed by atoms with Gasteiger partial charge >= 0.3 is 0 Å². The van der Waals surface area contributed by atoms with Crippen molar-refractivity contribution >= 4 is 29.1 Å². The topological polar surface area (TPSA) is 32.3 Å². The van der Waals surface area contributed by atoms with Crippen LogP contribution in [0.2, 0.25) is 10.0 Å².